The van der Waals surface area contributed by atoms with Crippen molar-refractivity contribution < 1.29 is 0 Å². The third-order valence-corrected chi connectivity index (χ3v) is 8.91. The summed E-state index contributed by atoms with van der Waals surface area (Å²) in [7, 11) is 0. The van der Waals surface area contributed by atoms with E-state index in [-0.39, 0.29) is 0 Å². The molecule has 4 nitrogen and oxygen atoms in total. The first-order chi connectivity index (χ1) is 21.8. The number of para-hydroxylation sites is 2. The molecular formula is C40H22N4. The van der Waals surface area contributed by atoms with Crippen molar-refractivity contribution in [3.05, 3.63) is 150 Å². The molecule has 0 saturated heterocycles. The van der Waals surface area contributed by atoms with Crippen LogP contribution in [0.15, 0.2) is 133 Å². The van der Waals surface area contributed by atoms with E-state index in [1.165, 1.54) is 21.5 Å². The minimum absolute atomic E-state index is 0.429. The zero-order valence-electron chi connectivity index (χ0n) is 23.5. The fraction of sp³-hybridized carbons (Fsp3) is 0. The Morgan fingerprint density at radius 2 is 1.02 bits per heavy atom. The molecule has 9 rings (SSSR count). The first kappa shape index (κ1) is 24.3. The monoisotopic (exact) mass is 558 g/mol. The van der Waals surface area contributed by atoms with E-state index in [9.17, 15) is 5.26 Å². The highest BCUT2D eigenvalue weighted by Crippen LogP contribution is 2.43. The van der Waals surface area contributed by atoms with E-state index in [0.29, 0.717) is 11.3 Å². The van der Waals surface area contributed by atoms with E-state index in [1.807, 2.05) is 12.1 Å². The molecule has 0 N–H and O–H groups in total. The summed E-state index contributed by atoms with van der Waals surface area (Å²) in [6.45, 7) is 7.97. The molecule has 0 aliphatic heterocycles. The van der Waals surface area contributed by atoms with E-state index < -0.39 is 0 Å². The fourth-order valence-corrected chi connectivity index (χ4v) is 7.14. The van der Waals surface area contributed by atoms with Crippen molar-refractivity contribution in [3.8, 4) is 17.4 Å². The standard InChI is InChI=1S/C40H22N4/c1-42-28-22-27(24-41)40(44-34-17-9-7-15-32(34)39-30-13-5-3-11-26(30)19-21-36(39)44)37(23-28)43-33-16-8-6-14-31(33)38-29-12-4-2-10-25(29)18-20-35(38)43/h2-23H. The summed E-state index contributed by atoms with van der Waals surface area (Å²) in [6, 6.07) is 48.5. The van der Waals surface area contributed by atoms with Crippen molar-refractivity contribution in [2.75, 3.05) is 0 Å². The van der Waals surface area contributed by atoms with Gasteiger partial charge in [0.25, 0.3) is 0 Å². The van der Waals surface area contributed by atoms with Gasteiger partial charge in [0, 0.05) is 21.5 Å². The fourth-order valence-electron chi connectivity index (χ4n) is 7.14. The van der Waals surface area contributed by atoms with Crippen LogP contribution >= 0.6 is 0 Å². The molecule has 0 amide bonds. The predicted molar refractivity (Wildman–Crippen MR) is 181 cm³/mol. The molecular weight excluding hydrogens is 536 g/mol. The molecule has 9 aromatic rings. The largest absolute Gasteiger partial charge is 0.308 e. The van der Waals surface area contributed by atoms with Gasteiger partial charge in [-0.25, -0.2) is 4.85 Å². The Balaban J connectivity index is 1.52. The Morgan fingerprint density at radius 1 is 0.523 bits per heavy atom. The van der Waals surface area contributed by atoms with Crippen molar-refractivity contribution >= 4 is 70.8 Å². The lowest BCUT2D eigenvalue weighted by molar-refractivity contribution is 1.09. The first-order valence-electron chi connectivity index (χ1n) is 14.5. The summed E-state index contributed by atoms with van der Waals surface area (Å²) in [5.41, 5.74) is 6.53. The quantitative estimate of drug-likeness (QED) is 0.195. The zero-order chi connectivity index (χ0) is 29.4. The molecule has 7 aromatic carbocycles. The Bertz CT molecular complexity index is 2740. The van der Waals surface area contributed by atoms with Crippen molar-refractivity contribution in [1.82, 2.24) is 9.13 Å². The van der Waals surface area contributed by atoms with Gasteiger partial charge in [-0.1, -0.05) is 97.1 Å². The van der Waals surface area contributed by atoms with Crippen LogP contribution in [0, 0.1) is 17.9 Å². The summed E-state index contributed by atoms with van der Waals surface area (Å²) < 4.78 is 4.46. The average Bonchev–Trinajstić information content (AvgIpc) is 3.61. The van der Waals surface area contributed by atoms with Gasteiger partial charge in [-0.05, 0) is 57.9 Å². The second-order valence-corrected chi connectivity index (χ2v) is 11.2. The van der Waals surface area contributed by atoms with Gasteiger partial charge in [0.15, 0.2) is 5.69 Å². The van der Waals surface area contributed by atoms with Crippen LogP contribution in [0.4, 0.5) is 5.69 Å². The lowest BCUT2D eigenvalue weighted by Crippen LogP contribution is -2.06. The summed E-state index contributed by atoms with van der Waals surface area (Å²) >= 11 is 0. The predicted octanol–water partition coefficient (Wildman–Crippen LogP) is 10.6. The lowest BCUT2D eigenvalue weighted by atomic mass is 10.0. The van der Waals surface area contributed by atoms with Crippen LogP contribution in [0.1, 0.15) is 5.56 Å². The second-order valence-electron chi connectivity index (χ2n) is 11.2. The molecule has 2 aromatic heterocycles. The summed E-state index contributed by atoms with van der Waals surface area (Å²) in [5, 5.41) is 19.9. The number of nitriles is 1. The van der Waals surface area contributed by atoms with Crippen LogP contribution in [-0.4, -0.2) is 9.13 Å². The van der Waals surface area contributed by atoms with Gasteiger partial charge < -0.3 is 9.13 Å². The van der Waals surface area contributed by atoms with Crippen LogP contribution in [0.25, 0.3) is 81.4 Å². The highest BCUT2D eigenvalue weighted by molar-refractivity contribution is 6.23. The number of aromatic nitrogens is 2. The van der Waals surface area contributed by atoms with Crippen molar-refractivity contribution in [3.63, 3.8) is 0 Å². The van der Waals surface area contributed by atoms with Gasteiger partial charge in [-0.2, -0.15) is 5.26 Å². The number of hydrogen-bond acceptors (Lipinski definition) is 1. The van der Waals surface area contributed by atoms with Gasteiger partial charge in [-0.15, -0.1) is 0 Å². The van der Waals surface area contributed by atoms with Gasteiger partial charge >= 0.3 is 0 Å². The number of benzene rings is 7. The van der Waals surface area contributed by atoms with Gasteiger partial charge in [0.05, 0.1) is 45.6 Å². The van der Waals surface area contributed by atoms with Crippen LogP contribution in [0.2, 0.25) is 0 Å². The molecule has 0 radical (unpaired) electrons. The summed E-state index contributed by atoms with van der Waals surface area (Å²) in [4.78, 5) is 3.82. The third kappa shape index (κ3) is 3.20. The molecule has 0 unspecified atom stereocenters. The van der Waals surface area contributed by atoms with Crippen LogP contribution in [0.3, 0.4) is 0 Å². The molecule has 0 aliphatic rings. The molecule has 0 atom stereocenters. The van der Waals surface area contributed by atoms with E-state index >= 15 is 0 Å². The van der Waals surface area contributed by atoms with Crippen molar-refractivity contribution in [2.45, 2.75) is 0 Å². The second kappa shape index (κ2) is 9.07. The lowest BCUT2D eigenvalue weighted by Gasteiger charge is -2.19. The molecule has 0 fully saturated rings. The molecule has 2 heterocycles. The molecule has 44 heavy (non-hydrogen) atoms. The van der Waals surface area contributed by atoms with E-state index in [0.717, 1.165) is 55.0 Å². The maximum Gasteiger partial charge on any atom is 0.190 e. The number of rotatable bonds is 2. The Hall–Kier alpha value is -6.36. The topological polar surface area (TPSA) is 38.0 Å². The smallest absolute Gasteiger partial charge is 0.190 e. The highest BCUT2D eigenvalue weighted by atomic mass is 15.1. The van der Waals surface area contributed by atoms with Gasteiger partial charge in [-0.3, -0.25) is 0 Å². The summed E-state index contributed by atoms with van der Waals surface area (Å²) in [5.74, 6) is 0. The highest BCUT2D eigenvalue weighted by Gasteiger charge is 2.24. The summed E-state index contributed by atoms with van der Waals surface area (Å²) in [6.07, 6.45) is 0. The maximum atomic E-state index is 10.7. The molecule has 0 spiro atoms. The van der Waals surface area contributed by atoms with E-state index in [2.05, 4.69) is 135 Å². The van der Waals surface area contributed by atoms with Gasteiger partial charge in [0.2, 0.25) is 0 Å². The van der Waals surface area contributed by atoms with Crippen LogP contribution in [0.5, 0.6) is 0 Å². The average molecular weight is 559 g/mol. The number of nitrogens with zero attached hydrogens (tertiary/aromatic N) is 4. The number of hydrogen-bond donors (Lipinski definition) is 0. The normalized spacial score (nSPS) is 11.6. The molecule has 0 bridgehead atoms. The number of fused-ring (bicyclic) bond motifs is 10. The molecule has 0 saturated carbocycles. The minimum atomic E-state index is 0.429. The van der Waals surface area contributed by atoms with Crippen LogP contribution in [-0.2, 0) is 0 Å². The van der Waals surface area contributed by atoms with E-state index in [4.69, 9.17) is 6.57 Å². The van der Waals surface area contributed by atoms with Crippen molar-refractivity contribution in [2.24, 2.45) is 0 Å². The van der Waals surface area contributed by atoms with E-state index in [1.54, 1.807) is 6.07 Å². The zero-order valence-corrected chi connectivity index (χ0v) is 23.5. The Kier molecular flexibility index (Phi) is 5.00. The Labute approximate surface area is 252 Å². The molecule has 202 valence electrons. The Morgan fingerprint density at radius 3 is 1.59 bits per heavy atom. The maximum absolute atomic E-state index is 10.7. The van der Waals surface area contributed by atoms with Crippen LogP contribution < -0.4 is 0 Å². The SMILES string of the molecule is [C-]#[N+]c1cc(C#N)c(-n2c3ccccc3c3c4ccccc4ccc32)c(-n2c3ccccc3c3c4ccccc4ccc32)c1. The first-order valence-corrected chi connectivity index (χ1v) is 14.5. The molecule has 4 heteroatoms. The van der Waals surface area contributed by atoms with Gasteiger partial charge in [0.1, 0.15) is 6.07 Å². The van der Waals surface area contributed by atoms with Crippen molar-refractivity contribution in [1.29, 1.82) is 5.26 Å². The third-order valence-electron chi connectivity index (χ3n) is 8.91. The minimum Gasteiger partial charge on any atom is -0.308 e. The molecule has 0 aliphatic carbocycles.